The molecule has 3 aromatic rings. The van der Waals surface area contributed by atoms with E-state index in [2.05, 4.69) is 20.5 Å². The van der Waals surface area contributed by atoms with E-state index in [4.69, 9.17) is 4.74 Å². The van der Waals surface area contributed by atoms with E-state index in [1.54, 1.807) is 7.11 Å². The fourth-order valence-electron chi connectivity index (χ4n) is 2.18. The quantitative estimate of drug-likeness (QED) is 0.541. The third-order valence-electron chi connectivity index (χ3n) is 3.38. The highest BCUT2D eigenvalue weighted by molar-refractivity contribution is 8.13. The average molecular weight is 338 g/mol. The minimum absolute atomic E-state index is 0.626. The van der Waals surface area contributed by atoms with Crippen LogP contribution in [0.3, 0.4) is 0 Å². The third kappa shape index (κ3) is 3.97. The maximum absolute atomic E-state index is 5.26. The van der Waals surface area contributed by atoms with Gasteiger partial charge in [0.25, 0.3) is 0 Å². The Morgan fingerprint density at radius 1 is 1.12 bits per heavy atom. The summed E-state index contributed by atoms with van der Waals surface area (Å²) in [4.78, 5) is 4.56. The van der Waals surface area contributed by atoms with E-state index in [1.165, 1.54) is 11.8 Å². The van der Waals surface area contributed by atoms with Crippen molar-refractivity contribution in [1.29, 1.82) is 0 Å². The highest BCUT2D eigenvalue weighted by atomic mass is 32.2. The lowest BCUT2D eigenvalue weighted by Crippen LogP contribution is -2.06. The predicted octanol–water partition coefficient (Wildman–Crippen LogP) is 4.55. The molecule has 0 aliphatic rings. The lowest BCUT2D eigenvalue weighted by molar-refractivity contribution is 0.415. The van der Waals surface area contributed by atoms with Gasteiger partial charge in [0.1, 0.15) is 5.75 Å². The van der Waals surface area contributed by atoms with Gasteiger partial charge in [-0.15, -0.1) is 0 Å². The molecule has 1 heterocycles. The van der Waals surface area contributed by atoms with Crippen molar-refractivity contribution in [2.45, 2.75) is 0 Å². The van der Waals surface area contributed by atoms with Crippen molar-refractivity contribution in [3.8, 4) is 17.0 Å². The summed E-state index contributed by atoms with van der Waals surface area (Å²) in [6, 6.07) is 19.7. The average Bonchev–Trinajstić information content (AvgIpc) is 3.10. The molecule has 1 aromatic heterocycles. The molecule has 0 unspecified atom stereocenters. The predicted molar refractivity (Wildman–Crippen MR) is 101 cm³/mol. The molecule has 0 aliphatic heterocycles. The first-order valence-electron chi connectivity index (χ1n) is 7.43. The molecule has 2 aromatic carbocycles. The van der Waals surface area contributed by atoms with Crippen LogP contribution >= 0.6 is 11.8 Å². The number of hydrogen-bond donors (Lipinski definition) is 2. The van der Waals surface area contributed by atoms with Crippen molar-refractivity contribution < 1.29 is 4.74 Å². The molecule has 3 rings (SSSR count). The zero-order chi connectivity index (χ0) is 16.8. The number of thioether (sulfide) groups is 1. The molecule has 0 saturated carbocycles. The highest BCUT2D eigenvalue weighted by Crippen LogP contribution is 2.25. The van der Waals surface area contributed by atoms with Crippen LogP contribution in [0.5, 0.6) is 5.75 Å². The summed E-state index contributed by atoms with van der Waals surface area (Å²) in [5.74, 6) is 1.43. The van der Waals surface area contributed by atoms with Gasteiger partial charge in [-0.25, -0.2) is 4.99 Å². The molecular formula is C18H18N4OS. The number of nitrogens with zero attached hydrogens (tertiary/aromatic N) is 2. The molecule has 0 saturated heterocycles. The first kappa shape index (κ1) is 16.1. The lowest BCUT2D eigenvalue weighted by atomic mass is 10.1. The number of nitrogens with one attached hydrogen (secondary N) is 2. The van der Waals surface area contributed by atoms with Crippen LogP contribution in [0, 0.1) is 0 Å². The number of rotatable bonds is 4. The summed E-state index contributed by atoms with van der Waals surface area (Å²) in [6.07, 6.45) is 1.98. The Balaban J connectivity index is 1.81. The first-order chi connectivity index (χ1) is 11.8. The fourth-order valence-corrected chi connectivity index (χ4v) is 2.59. The van der Waals surface area contributed by atoms with E-state index in [0.717, 1.165) is 27.9 Å². The Bertz CT molecular complexity index is 830. The van der Waals surface area contributed by atoms with Crippen LogP contribution in [0.15, 0.2) is 65.7 Å². The number of aliphatic imine (C=N–C) groups is 1. The molecule has 122 valence electrons. The van der Waals surface area contributed by atoms with Gasteiger partial charge in [0.15, 0.2) is 11.0 Å². The molecule has 0 fully saturated rings. The van der Waals surface area contributed by atoms with Gasteiger partial charge in [-0.05, 0) is 30.5 Å². The lowest BCUT2D eigenvalue weighted by Gasteiger charge is -2.05. The molecule has 5 nitrogen and oxygen atoms in total. The Kier molecular flexibility index (Phi) is 5.18. The third-order valence-corrected chi connectivity index (χ3v) is 3.96. The van der Waals surface area contributed by atoms with Gasteiger partial charge in [0, 0.05) is 17.3 Å². The molecule has 0 aliphatic carbocycles. The summed E-state index contributed by atoms with van der Waals surface area (Å²) < 4.78 is 5.26. The van der Waals surface area contributed by atoms with Crippen LogP contribution in [0.25, 0.3) is 11.3 Å². The van der Waals surface area contributed by atoms with Gasteiger partial charge >= 0.3 is 0 Å². The number of H-pyrrole nitrogens is 1. The van der Waals surface area contributed by atoms with Crippen LogP contribution in [0.4, 0.5) is 11.5 Å². The second-order valence-electron chi connectivity index (χ2n) is 4.98. The van der Waals surface area contributed by atoms with Crippen LogP contribution in [-0.2, 0) is 0 Å². The van der Waals surface area contributed by atoms with Crippen LogP contribution < -0.4 is 10.1 Å². The molecule has 0 radical (unpaired) electrons. The van der Waals surface area contributed by atoms with Crippen molar-refractivity contribution in [1.82, 2.24) is 10.2 Å². The molecular weight excluding hydrogens is 320 g/mol. The fraction of sp³-hybridized carbons (Fsp3) is 0.111. The molecule has 0 amide bonds. The van der Waals surface area contributed by atoms with E-state index in [9.17, 15) is 0 Å². The van der Waals surface area contributed by atoms with Crippen LogP contribution in [0.2, 0.25) is 0 Å². The Hall–Kier alpha value is -2.73. The van der Waals surface area contributed by atoms with Gasteiger partial charge in [-0.3, -0.25) is 5.10 Å². The number of ether oxygens (including phenoxy) is 1. The van der Waals surface area contributed by atoms with E-state index in [1.807, 2.05) is 66.9 Å². The van der Waals surface area contributed by atoms with Gasteiger partial charge < -0.3 is 10.1 Å². The Labute approximate surface area is 145 Å². The monoisotopic (exact) mass is 338 g/mol. The highest BCUT2D eigenvalue weighted by Gasteiger charge is 2.06. The molecule has 0 spiro atoms. The minimum atomic E-state index is 0.626. The number of methoxy groups -OCH3 is 1. The van der Waals surface area contributed by atoms with Gasteiger partial charge in [0.2, 0.25) is 0 Å². The summed E-state index contributed by atoms with van der Waals surface area (Å²) in [5.41, 5.74) is 2.90. The number of aromatic amines is 1. The zero-order valence-electron chi connectivity index (χ0n) is 13.5. The first-order valence-corrected chi connectivity index (χ1v) is 8.65. The summed E-state index contributed by atoms with van der Waals surface area (Å²) in [7, 11) is 1.65. The van der Waals surface area contributed by atoms with E-state index >= 15 is 0 Å². The van der Waals surface area contributed by atoms with Crippen molar-refractivity contribution in [3.05, 3.63) is 60.7 Å². The van der Waals surface area contributed by atoms with Gasteiger partial charge in [-0.2, -0.15) is 5.10 Å². The van der Waals surface area contributed by atoms with Crippen molar-refractivity contribution >= 4 is 28.4 Å². The Morgan fingerprint density at radius 2 is 1.96 bits per heavy atom. The standard InChI is InChI=1S/C18H18N4OS/c1-23-15-10-6-7-13(11-15)16-12-17(22-21-16)20-18(24-2)19-14-8-4-3-5-9-14/h3-12H,1-2H3,(H2,19,20,21,22). The number of benzene rings is 2. The van der Waals surface area contributed by atoms with Crippen molar-refractivity contribution in [2.24, 2.45) is 4.99 Å². The maximum atomic E-state index is 5.26. The topological polar surface area (TPSA) is 62.3 Å². The van der Waals surface area contributed by atoms with E-state index < -0.39 is 0 Å². The number of aromatic nitrogens is 2. The molecule has 24 heavy (non-hydrogen) atoms. The summed E-state index contributed by atoms with van der Waals surface area (Å²) in [6.45, 7) is 0. The molecule has 2 N–H and O–H groups in total. The zero-order valence-corrected chi connectivity index (χ0v) is 14.3. The number of anilines is 1. The number of hydrogen-bond acceptors (Lipinski definition) is 4. The second-order valence-corrected chi connectivity index (χ2v) is 5.78. The van der Waals surface area contributed by atoms with Gasteiger partial charge in [0.05, 0.1) is 12.8 Å². The number of para-hydroxylation sites is 1. The largest absolute Gasteiger partial charge is 0.497 e. The molecule has 0 bridgehead atoms. The normalized spacial score (nSPS) is 11.3. The van der Waals surface area contributed by atoms with Crippen molar-refractivity contribution in [2.75, 3.05) is 18.7 Å². The smallest absolute Gasteiger partial charge is 0.176 e. The molecule has 6 heteroatoms. The minimum Gasteiger partial charge on any atom is -0.497 e. The summed E-state index contributed by atoms with van der Waals surface area (Å²) >= 11 is 1.54. The second kappa shape index (κ2) is 7.70. The van der Waals surface area contributed by atoms with Crippen LogP contribution in [-0.4, -0.2) is 28.7 Å². The van der Waals surface area contributed by atoms with E-state index in [-0.39, 0.29) is 0 Å². The maximum Gasteiger partial charge on any atom is 0.176 e. The van der Waals surface area contributed by atoms with Crippen LogP contribution in [0.1, 0.15) is 0 Å². The van der Waals surface area contributed by atoms with Crippen molar-refractivity contribution in [3.63, 3.8) is 0 Å². The van der Waals surface area contributed by atoms with E-state index in [0.29, 0.717) is 5.82 Å². The SMILES string of the molecule is COc1cccc(-c2cc(N=C(Nc3ccccc3)SC)n[nH]2)c1. The number of amidine groups is 1. The van der Waals surface area contributed by atoms with Gasteiger partial charge in [-0.1, -0.05) is 42.1 Å². The Morgan fingerprint density at radius 3 is 2.71 bits per heavy atom. The summed E-state index contributed by atoms with van der Waals surface area (Å²) in [5, 5.41) is 11.4. The molecule has 0 atom stereocenters.